The van der Waals surface area contributed by atoms with E-state index in [0.717, 1.165) is 22.3 Å². The maximum Gasteiger partial charge on any atom is 0.0931 e. The molecule has 0 saturated carbocycles. The summed E-state index contributed by atoms with van der Waals surface area (Å²) in [6, 6.07) is 12.3. The number of para-hydroxylation sites is 1. The van der Waals surface area contributed by atoms with Gasteiger partial charge < -0.3 is 5.32 Å². The Bertz CT molecular complexity index is 522. The predicted octanol–water partition coefficient (Wildman–Crippen LogP) is 5.29. The Kier molecular flexibility index (Phi) is 5.17. The molecule has 18 heavy (non-hydrogen) atoms. The van der Waals surface area contributed by atoms with Crippen molar-refractivity contribution in [3.8, 4) is 0 Å². The van der Waals surface area contributed by atoms with E-state index in [0.29, 0.717) is 0 Å². The molecule has 0 fully saturated rings. The van der Waals surface area contributed by atoms with Crippen molar-refractivity contribution in [2.24, 2.45) is 0 Å². The fraction of sp³-hybridized carbons (Fsp3) is 0.143. The number of halogens is 1. The molecule has 4 heteroatoms. The summed E-state index contributed by atoms with van der Waals surface area (Å²) < 4.78 is 0.834. The lowest BCUT2D eigenvalue weighted by Gasteiger charge is -2.10. The first-order valence-electron chi connectivity index (χ1n) is 5.60. The van der Waals surface area contributed by atoms with Gasteiger partial charge in [0.2, 0.25) is 0 Å². The van der Waals surface area contributed by atoms with Crippen molar-refractivity contribution >= 4 is 40.4 Å². The monoisotopic (exact) mass is 295 g/mol. The summed E-state index contributed by atoms with van der Waals surface area (Å²) in [5, 5.41) is 3.45. The first kappa shape index (κ1) is 13.5. The van der Waals surface area contributed by atoms with Gasteiger partial charge in [-0.15, -0.1) is 29.7 Å². The first-order chi connectivity index (χ1) is 8.79. The summed E-state index contributed by atoms with van der Waals surface area (Å²) in [7, 11) is 0. The van der Waals surface area contributed by atoms with Crippen molar-refractivity contribution in [3.05, 3.63) is 58.3 Å². The van der Waals surface area contributed by atoms with E-state index < -0.39 is 0 Å². The van der Waals surface area contributed by atoms with Gasteiger partial charge in [-0.05, 0) is 24.3 Å². The zero-order valence-electron chi connectivity index (χ0n) is 9.86. The van der Waals surface area contributed by atoms with Crippen LogP contribution < -0.4 is 5.32 Å². The summed E-state index contributed by atoms with van der Waals surface area (Å²) in [6.07, 6.45) is 1.92. The van der Waals surface area contributed by atoms with Crippen molar-refractivity contribution in [1.82, 2.24) is 0 Å². The Labute approximate surface area is 121 Å². The maximum absolute atomic E-state index is 5.92. The van der Waals surface area contributed by atoms with Gasteiger partial charge in [0, 0.05) is 27.8 Å². The Morgan fingerprint density at radius 2 is 2.11 bits per heavy atom. The van der Waals surface area contributed by atoms with E-state index in [1.165, 1.54) is 9.77 Å². The predicted molar refractivity (Wildman–Crippen MR) is 84.0 cm³/mol. The van der Waals surface area contributed by atoms with Gasteiger partial charge >= 0.3 is 0 Å². The summed E-state index contributed by atoms with van der Waals surface area (Å²) >= 11 is 9.31. The number of nitrogens with one attached hydrogen (secondary N) is 1. The summed E-state index contributed by atoms with van der Waals surface area (Å²) in [5.41, 5.74) is 1.16. The van der Waals surface area contributed by atoms with Gasteiger partial charge in [0.05, 0.1) is 4.34 Å². The molecule has 0 aliphatic heterocycles. The van der Waals surface area contributed by atoms with E-state index in [9.17, 15) is 0 Å². The molecule has 0 atom stereocenters. The van der Waals surface area contributed by atoms with Crippen LogP contribution in [0.5, 0.6) is 0 Å². The summed E-state index contributed by atoms with van der Waals surface area (Å²) in [5.74, 6) is 0.920. The second-order valence-electron chi connectivity index (χ2n) is 3.66. The average Bonchev–Trinajstić information content (AvgIpc) is 2.81. The molecule has 1 N–H and O–H groups in total. The number of thiophene rings is 1. The highest BCUT2D eigenvalue weighted by molar-refractivity contribution is 7.99. The van der Waals surface area contributed by atoms with Gasteiger partial charge in [0.15, 0.2) is 0 Å². The number of hydrogen-bond donors (Lipinski definition) is 1. The third-order valence-corrected chi connectivity index (χ3v) is 4.63. The van der Waals surface area contributed by atoms with E-state index >= 15 is 0 Å². The molecule has 94 valence electrons. The van der Waals surface area contributed by atoms with E-state index in [1.807, 2.05) is 18.2 Å². The third kappa shape index (κ3) is 3.80. The van der Waals surface area contributed by atoms with Crippen LogP contribution in [0, 0.1) is 0 Å². The number of thioether (sulfide) groups is 1. The molecule has 0 aliphatic rings. The van der Waals surface area contributed by atoms with Gasteiger partial charge in [0.1, 0.15) is 0 Å². The van der Waals surface area contributed by atoms with E-state index in [1.54, 1.807) is 23.1 Å². The molecular formula is C14H14ClNS2. The molecule has 2 rings (SSSR count). The van der Waals surface area contributed by atoms with Crippen molar-refractivity contribution in [2.45, 2.75) is 11.4 Å². The van der Waals surface area contributed by atoms with Gasteiger partial charge in [-0.3, -0.25) is 0 Å². The molecule has 1 heterocycles. The highest BCUT2D eigenvalue weighted by Gasteiger charge is 2.02. The lowest BCUT2D eigenvalue weighted by atomic mass is 10.3. The Morgan fingerprint density at radius 3 is 2.83 bits per heavy atom. The Balaban J connectivity index is 2.01. The lowest BCUT2D eigenvalue weighted by Crippen LogP contribution is -1.98. The molecule has 1 nitrogen and oxygen atoms in total. The smallest absolute Gasteiger partial charge is 0.0931 e. The highest BCUT2D eigenvalue weighted by atomic mass is 35.5. The van der Waals surface area contributed by atoms with Crippen LogP contribution in [0.15, 0.2) is 53.9 Å². The number of rotatable bonds is 6. The topological polar surface area (TPSA) is 12.0 Å². The van der Waals surface area contributed by atoms with Crippen LogP contribution in [0.25, 0.3) is 0 Å². The number of hydrogen-bond acceptors (Lipinski definition) is 3. The van der Waals surface area contributed by atoms with Crippen LogP contribution >= 0.6 is 34.7 Å². The van der Waals surface area contributed by atoms with Crippen LogP contribution in [0.4, 0.5) is 5.69 Å². The molecule has 0 amide bonds. The van der Waals surface area contributed by atoms with Crippen LogP contribution in [0.1, 0.15) is 4.88 Å². The number of benzene rings is 1. The number of anilines is 1. The van der Waals surface area contributed by atoms with Crippen LogP contribution in [-0.4, -0.2) is 5.75 Å². The largest absolute Gasteiger partial charge is 0.379 e. The minimum atomic E-state index is 0.809. The zero-order valence-corrected chi connectivity index (χ0v) is 12.2. The van der Waals surface area contributed by atoms with Crippen molar-refractivity contribution in [3.63, 3.8) is 0 Å². The van der Waals surface area contributed by atoms with Gasteiger partial charge in [-0.2, -0.15) is 0 Å². The normalized spacial score (nSPS) is 10.3. The van der Waals surface area contributed by atoms with Crippen LogP contribution in [0.3, 0.4) is 0 Å². The summed E-state index contributed by atoms with van der Waals surface area (Å²) in [6.45, 7) is 4.56. The molecule has 0 spiro atoms. The van der Waals surface area contributed by atoms with E-state index in [4.69, 9.17) is 11.6 Å². The highest BCUT2D eigenvalue weighted by Crippen LogP contribution is 2.28. The van der Waals surface area contributed by atoms with Gasteiger partial charge in [-0.1, -0.05) is 29.8 Å². The van der Waals surface area contributed by atoms with E-state index in [-0.39, 0.29) is 0 Å². The van der Waals surface area contributed by atoms with Gasteiger partial charge in [0.25, 0.3) is 0 Å². The van der Waals surface area contributed by atoms with Crippen LogP contribution in [0.2, 0.25) is 4.34 Å². The molecular weight excluding hydrogens is 282 g/mol. The second-order valence-corrected chi connectivity index (χ2v) is 6.52. The molecule has 0 bridgehead atoms. The maximum atomic E-state index is 5.92. The second kappa shape index (κ2) is 6.88. The third-order valence-electron chi connectivity index (χ3n) is 2.33. The average molecular weight is 296 g/mol. The minimum Gasteiger partial charge on any atom is -0.379 e. The van der Waals surface area contributed by atoms with Gasteiger partial charge in [-0.25, -0.2) is 0 Å². The molecule has 0 radical (unpaired) electrons. The fourth-order valence-corrected chi connectivity index (χ4v) is 3.31. The lowest BCUT2D eigenvalue weighted by molar-refractivity contribution is 1.17. The molecule has 0 unspecified atom stereocenters. The molecule has 1 aromatic carbocycles. The fourth-order valence-electron chi connectivity index (χ4n) is 1.52. The van der Waals surface area contributed by atoms with E-state index in [2.05, 4.69) is 36.2 Å². The molecule has 2 aromatic rings. The van der Waals surface area contributed by atoms with Crippen molar-refractivity contribution in [2.75, 3.05) is 11.1 Å². The minimum absolute atomic E-state index is 0.809. The Morgan fingerprint density at radius 1 is 1.28 bits per heavy atom. The molecule has 1 aromatic heterocycles. The first-order valence-corrected chi connectivity index (χ1v) is 7.78. The summed E-state index contributed by atoms with van der Waals surface area (Å²) in [4.78, 5) is 2.49. The Hall–Kier alpha value is -0.900. The zero-order chi connectivity index (χ0) is 12.8. The molecule has 0 saturated heterocycles. The SMILES string of the molecule is C=CCSc1ccccc1NCc1ccc(Cl)s1. The quantitative estimate of drug-likeness (QED) is 0.574. The molecule has 0 aliphatic carbocycles. The van der Waals surface area contributed by atoms with Crippen molar-refractivity contribution < 1.29 is 0 Å². The standard InChI is InChI=1S/C14H14ClNS2/c1-2-9-17-13-6-4-3-5-12(13)16-10-11-7-8-14(15)18-11/h2-8,16H,1,9-10H2. The van der Waals surface area contributed by atoms with Crippen LogP contribution in [-0.2, 0) is 6.54 Å². The van der Waals surface area contributed by atoms with Crippen molar-refractivity contribution in [1.29, 1.82) is 0 Å².